The summed E-state index contributed by atoms with van der Waals surface area (Å²) in [5.41, 5.74) is 1.11. The van der Waals surface area contributed by atoms with Crippen LogP contribution in [0, 0.1) is 17.0 Å². The lowest BCUT2D eigenvalue weighted by molar-refractivity contribution is -0.389. The zero-order valence-corrected chi connectivity index (χ0v) is 15.5. The molecule has 0 aliphatic heterocycles. The summed E-state index contributed by atoms with van der Waals surface area (Å²) in [6.45, 7) is 6.16. The van der Waals surface area contributed by atoms with Crippen LogP contribution in [-0.4, -0.2) is 45.0 Å². The highest BCUT2D eigenvalue weighted by Gasteiger charge is 2.22. The van der Waals surface area contributed by atoms with Gasteiger partial charge in [-0.2, -0.15) is 0 Å². The molecule has 2 aromatic rings. The van der Waals surface area contributed by atoms with E-state index in [-0.39, 0.29) is 24.3 Å². The largest absolute Gasteiger partial charge is 0.497 e. The molecule has 140 valence electrons. The number of aryl methyl sites for hydroxylation is 1. The van der Waals surface area contributed by atoms with Crippen molar-refractivity contribution in [2.75, 3.05) is 13.7 Å². The lowest BCUT2D eigenvalue weighted by Crippen LogP contribution is -2.41. The predicted octanol–water partition coefficient (Wildman–Crippen LogP) is 2.59. The Hall–Kier alpha value is -2.90. The maximum absolute atomic E-state index is 12.7. The molecule has 8 heteroatoms. The van der Waals surface area contributed by atoms with Gasteiger partial charge in [-0.05, 0) is 47.9 Å². The zero-order valence-electron chi connectivity index (χ0n) is 15.5. The first-order chi connectivity index (χ1) is 12.3. The highest BCUT2D eigenvalue weighted by Crippen LogP contribution is 2.16. The number of hydrogen-bond donors (Lipinski definition) is 0. The van der Waals surface area contributed by atoms with Crippen LogP contribution in [0.15, 0.2) is 30.5 Å². The van der Waals surface area contributed by atoms with Gasteiger partial charge < -0.3 is 19.8 Å². The Morgan fingerprint density at radius 3 is 2.54 bits per heavy atom. The van der Waals surface area contributed by atoms with Crippen molar-refractivity contribution in [2.45, 2.75) is 39.8 Å². The smallest absolute Gasteiger partial charge is 0.381 e. The summed E-state index contributed by atoms with van der Waals surface area (Å²) in [6.07, 6.45) is 2.02. The van der Waals surface area contributed by atoms with Crippen molar-refractivity contribution in [3.63, 3.8) is 0 Å². The summed E-state index contributed by atoms with van der Waals surface area (Å²) in [5, 5.41) is 10.8. The van der Waals surface area contributed by atoms with Crippen LogP contribution in [0.3, 0.4) is 0 Å². The second-order valence-corrected chi connectivity index (χ2v) is 6.11. The SMILES string of the molecule is CCN(C(=O)Cn1cc([N+](=O)[O-])nc1C)C(C)Cc1ccc(OC)cc1. The predicted molar refractivity (Wildman–Crippen MR) is 97.2 cm³/mol. The van der Waals surface area contributed by atoms with Gasteiger partial charge in [0.1, 0.15) is 18.5 Å². The van der Waals surface area contributed by atoms with Crippen molar-refractivity contribution in [3.8, 4) is 5.75 Å². The minimum Gasteiger partial charge on any atom is -0.497 e. The number of amides is 1. The number of methoxy groups -OCH3 is 1. The molecule has 26 heavy (non-hydrogen) atoms. The minimum absolute atomic E-state index is 0.000270. The fourth-order valence-electron chi connectivity index (χ4n) is 2.92. The van der Waals surface area contributed by atoms with Crippen LogP contribution in [0.5, 0.6) is 5.75 Å². The van der Waals surface area contributed by atoms with Crippen LogP contribution in [0.4, 0.5) is 5.82 Å². The third kappa shape index (κ3) is 4.59. The Kier molecular flexibility index (Phi) is 6.32. The van der Waals surface area contributed by atoms with Crippen LogP contribution in [0.1, 0.15) is 25.2 Å². The number of aromatic nitrogens is 2. The van der Waals surface area contributed by atoms with Gasteiger partial charge in [0.05, 0.1) is 7.11 Å². The topological polar surface area (TPSA) is 90.5 Å². The molecule has 0 saturated carbocycles. The number of rotatable bonds is 8. The van der Waals surface area contributed by atoms with E-state index in [1.807, 2.05) is 38.1 Å². The second-order valence-electron chi connectivity index (χ2n) is 6.11. The zero-order chi connectivity index (χ0) is 19.3. The molecule has 1 amide bonds. The minimum atomic E-state index is -0.558. The third-order valence-electron chi connectivity index (χ3n) is 4.34. The van der Waals surface area contributed by atoms with Crippen LogP contribution >= 0.6 is 0 Å². The lowest BCUT2D eigenvalue weighted by atomic mass is 10.1. The van der Waals surface area contributed by atoms with Gasteiger partial charge in [-0.15, -0.1) is 0 Å². The Balaban J connectivity index is 2.05. The number of likely N-dealkylation sites (N-methyl/N-ethyl adjacent to an activating group) is 1. The number of carbonyl (C=O) groups is 1. The molecule has 0 N–H and O–H groups in total. The van der Waals surface area contributed by atoms with Crippen molar-refractivity contribution in [1.29, 1.82) is 0 Å². The van der Waals surface area contributed by atoms with Crippen LogP contribution < -0.4 is 4.74 Å². The van der Waals surface area contributed by atoms with Crippen molar-refractivity contribution < 1.29 is 14.5 Å². The molecule has 1 atom stereocenters. The summed E-state index contributed by atoms with van der Waals surface area (Å²) < 4.78 is 6.67. The molecular weight excluding hydrogens is 336 g/mol. The normalized spacial score (nSPS) is 11.8. The quantitative estimate of drug-likeness (QED) is 0.533. The molecule has 8 nitrogen and oxygen atoms in total. The van der Waals surface area contributed by atoms with E-state index in [4.69, 9.17) is 4.74 Å². The van der Waals surface area contributed by atoms with Crippen molar-refractivity contribution in [2.24, 2.45) is 0 Å². The Morgan fingerprint density at radius 1 is 1.38 bits per heavy atom. The van der Waals surface area contributed by atoms with Gasteiger partial charge in [-0.25, -0.2) is 0 Å². The lowest BCUT2D eigenvalue weighted by Gasteiger charge is -2.28. The fraction of sp³-hybridized carbons (Fsp3) is 0.444. The van der Waals surface area contributed by atoms with Gasteiger partial charge in [-0.1, -0.05) is 12.1 Å². The van der Waals surface area contributed by atoms with Crippen LogP contribution in [0.25, 0.3) is 0 Å². The number of nitrogens with zero attached hydrogens (tertiary/aromatic N) is 4. The molecule has 0 saturated heterocycles. The maximum atomic E-state index is 12.7. The summed E-state index contributed by atoms with van der Waals surface area (Å²) >= 11 is 0. The molecule has 1 aromatic heterocycles. The van der Waals surface area contributed by atoms with E-state index in [9.17, 15) is 14.9 Å². The standard InChI is InChI=1S/C18H24N4O4/c1-5-21(13(2)10-15-6-8-16(26-4)9-7-15)18(23)12-20-11-17(22(24)25)19-14(20)3/h6-9,11,13H,5,10,12H2,1-4H3. The third-order valence-corrected chi connectivity index (χ3v) is 4.34. The van der Waals surface area contributed by atoms with E-state index in [1.54, 1.807) is 18.9 Å². The molecule has 1 unspecified atom stereocenters. The van der Waals surface area contributed by atoms with Crippen molar-refractivity contribution in [1.82, 2.24) is 14.5 Å². The van der Waals surface area contributed by atoms with Gasteiger partial charge in [0.2, 0.25) is 11.7 Å². The van der Waals surface area contributed by atoms with E-state index in [0.717, 1.165) is 11.3 Å². The first kappa shape index (κ1) is 19.4. The molecule has 1 aromatic carbocycles. The van der Waals surface area contributed by atoms with Gasteiger partial charge in [0.25, 0.3) is 0 Å². The fourth-order valence-corrected chi connectivity index (χ4v) is 2.92. The first-order valence-corrected chi connectivity index (χ1v) is 8.46. The number of ether oxygens (including phenoxy) is 1. The molecule has 0 radical (unpaired) electrons. The Bertz CT molecular complexity index is 770. The Labute approximate surface area is 152 Å². The molecular formula is C18H24N4O4. The molecule has 0 spiro atoms. The molecule has 0 aliphatic rings. The van der Waals surface area contributed by atoms with Gasteiger partial charge in [0.15, 0.2) is 0 Å². The molecule has 0 bridgehead atoms. The number of carbonyl (C=O) groups excluding carboxylic acids is 1. The van der Waals surface area contributed by atoms with E-state index in [1.165, 1.54) is 10.8 Å². The molecule has 0 fully saturated rings. The van der Waals surface area contributed by atoms with E-state index >= 15 is 0 Å². The molecule has 2 rings (SSSR count). The Morgan fingerprint density at radius 2 is 2.04 bits per heavy atom. The summed E-state index contributed by atoms with van der Waals surface area (Å²) in [6, 6.07) is 7.76. The first-order valence-electron chi connectivity index (χ1n) is 8.46. The summed E-state index contributed by atoms with van der Waals surface area (Å²) in [7, 11) is 1.62. The van der Waals surface area contributed by atoms with Crippen molar-refractivity contribution in [3.05, 3.63) is 52.0 Å². The average Bonchev–Trinajstić information content (AvgIpc) is 2.97. The van der Waals surface area contributed by atoms with E-state index in [2.05, 4.69) is 4.98 Å². The number of benzene rings is 1. The van der Waals surface area contributed by atoms with Crippen LogP contribution in [-0.2, 0) is 17.8 Å². The van der Waals surface area contributed by atoms with Crippen molar-refractivity contribution >= 4 is 11.7 Å². The molecule has 1 heterocycles. The highest BCUT2D eigenvalue weighted by atomic mass is 16.6. The summed E-state index contributed by atoms with van der Waals surface area (Å²) in [4.78, 5) is 28.6. The van der Waals surface area contributed by atoms with E-state index < -0.39 is 4.92 Å². The monoisotopic (exact) mass is 360 g/mol. The average molecular weight is 360 g/mol. The number of imidazole rings is 1. The second kappa shape index (κ2) is 8.46. The van der Waals surface area contributed by atoms with Gasteiger partial charge in [-0.3, -0.25) is 9.36 Å². The van der Waals surface area contributed by atoms with E-state index in [0.29, 0.717) is 18.8 Å². The maximum Gasteiger partial charge on any atom is 0.381 e. The van der Waals surface area contributed by atoms with Crippen LogP contribution in [0.2, 0.25) is 0 Å². The highest BCUT2D eigenvalue weighted by molar-refractivity contribution is 5.76. The van der Waals surface area contributed by atoms with Gasteiger partial charge >= 0.3 is 5.82 Å². The number of hydrogen-bond acceptors (Lipinski definition) is 5. The summed E-state index contributed by atoms with van der Waals surface area (Å²) in [5.74, 6) is 0.902. The molecule has 0 aliphatic carbocycles. The van der Waals surface area contributed by atoms with Gasteiger partial charge in [0, 0.05) is 19.5 Å². The number of nitro groups is 1.